The van der Waals surface area contributed by atoms with Crippen LogP contribution < -0.4 is 10.1 Å². The Balaban J connectivity index is 2.29. The van der Waals surface area contributed by atoms with Crippen molar-refractivity contribution in [2.75, 3.05) is 19.4 Å². The number of rotatable bonds is 5. The number of ether oxygens (including phenoxy) is 1. The Hall–Kier alpha value is -2.16. The number of urea groups is 1. The van der Waals surface area contributed by atoms with E-state index in [-0.39, 0.29) is 0 Å². The summed E-state index contributed by atoms with van der Waals surface area (Å²) in [5.41, 5.74) is -0.873. The smallest absolute Gasteiger partial charge is 0.325 e. The summed E-state index contributed by atoms with van der Waals surface area (Å²) in [6.45, 7) is 0.953. The number of nitrogens with zero attached hydrogens (tertiary/aromatic N) is 1. The van der Waals surface area contributed by atoms with Gasteiger partial charge in [-0.1, -0.05) is 12.1 Å². The van der Waals surface area contributed by atoms with Gasteiger partial charge in [0.15, 0.2) is 0 Å². The van der Waals surface area contributed by atoms with E-state index in [0.717, 1.165) is 0 Å². The van der Waals surface area contributed by atoms with Gasteiger partial charge in [-0.15, -0.1) is 3.89 Å². The lowest BCUT2D eigenvalue weighted by Crippen LogP contribution is -2.41. The largest absolute Gasteiger partial charge is 0.497 e. The Bertz CT molecular complexity index is 721. The molecule has 1 N–H and O–H groups in total. The summed E-state index contributed by atoms with van der Waals surface area (Å²) in [6.07, 6.45) is 0. The fourth-order valence-corrected chi connectivity index (χ4v) is 2.63. The van der Waals surface area contributed by atoms with Crippen LogP contribution in [0.2, 0.25) is 0 Å². The van der Waals surface area contributed by atoms with Crippen LogP contribution in [0.1, 0.15) is 12.5 Å². The Morgan fingerprint density at radius 1 is 1.36 bits per heavy atom. The highest BCUT2D eigenvalue weighted by atomic mass is 32.3. The number of benzene rings is 1. The van der Waals surface area contributed by atoms with Crippen LogP contribution >= 0.6 is 0 Å². The van der Waals surface area contributed by atoms with Crippen LogP contribution in [0.15, 0.2) is 24.3 Å². The van der Waals surface area contributed by atoms with Crippen molar-refractivity contribution in [3.05, 3.63) is 29.8 Å². The molecule has 0 bridgehead atoms. The maximum absolute atomic E-state index is 12.6. The Kier molecular flexibility index (Phi) is 4.10. The van der Waals surface area contributed by atoms with Crippen LogP contribution in [0, 0.1) is 0 Å². The molecule has 1 aliphatic heterocycles. The first-order valence-corrected chi connectivity index (χ1v) is 7.93. The van der Waals surface area contributed by atoms with Gasteiger partial charge in [-0.3, -0.25) is 9.69 Å². The average molecular weight is 330 g/mol. The van der Waals surface area contributed by atoms with Gasteiger partial charge in [0.1, 0.15) is 11.3 Å². The summed E-state index contributed by atoms with van der Waals surface area (Å²) in [5, 5.41) is 2.50. The van der Waals surface area contributed by atoms with E-state index >= 15 is 0 Å². The van der Waals surface area contributed by atoms with Crippen LogP contribution in [0.25, 0.3) is 0 Å². The van der Waals surface area contributed by atoms with E-state index < -0.39 is 40.0 Å². The quantitative estimate of drug-likeness (QED) is 0.635. The molecule has 1 aromatic carbocycles. The number of nitrogens with one attached hydrogen (secondary N) is 1. The maximum Gasteiger partial charge on any atom is 0.325 e. The minimum Gasteiger partial charge on any atom is -0.497 e. The summed E-state index contributed by atoms with van der Waals surface area (Å²) in [4.78, 5) is 25.0. The van der Waals surface area contributed by atoms with Crippen molar-refractivity contribution in [1.29, 1.82) is 0 Å². The standard InChI is InChI=1S/C13H15FN2O5S/c1-13(9-4-3-5-10(8-9)21-2)11(17)16(12(18)15-13)6-7-22(14,19)20/h3-5,8H,6-7H2,1-2H3,(H,15,18). The predicted octanol–water partition coefficient (Wildman–Crippen LogP) is 0.762. The molecule has 1 atom stereocenters. The van der Waals surface area contributed by atoms with E-state index in [4.69, 9.17) is 4.74 Å². The van der Waals surface area contributed by atoms with E-state index in [9.17, 15) is 21.9 Å². The molecular formula is C13H15FN2O5S. The number of halogens is 1. The number of amides is 3. The molecule has 1 heterocycles. The average Bonchev–Trinajstić information content (AvgIpc) is 2.67. The molecule has 120 valence electrons. The number of methoxy groups -OCH3 is 1. The molecule has 0 aliphatic carbocycles. The van der Waals surface area contributed by atoms with Crippen molar-refractivity contribution in [3.63, 3.8) is 0 Å². The summed E-state index contributed by atoms with van der Waals surface area (Å²) in [5.74, 6) is -1.07. The molecule has 1 aliphatic rings. The van der Waals surface area contributed by atoms with Gasteiger partial charge in [-0.2, -0.15) is 8.42 Å². The molecule has 0 radical (unpaired) electrons. The molecule has 1 fully saturated rings. The van der Waals surface area contributed by atoms with E-state index in [0.29, 0.717) is 16.2 Å². The molecule has 0 aromatic heterocycles. The van der Waals surface area contributed by atoms with E-state index in [1.165, 1.54) is 14.0 Å². The second-order valence-corrected chi connectivity index (χ2v) is 6.47. The van der Waals surface area contributed by atoms with E-state index in [2.05, 4.69) is 5.32 Å². The monoisotopic (exact) mass is 330 g/mol. The van der Waals surface area contributed by atoms with Gasteiger partial charge in [0.2, 0.25) is 0 Å². The van der Waals surface area contributed by atoms with Gasteiger partial charge in [0.25, 0.3) is 5.91 Å². The molecule has 1 saturated heterocycles. The summed E-state index contributed by atoms with van der Waals surface area (Å²) in [6, 6.07) is 5.80. The maximum atomic E-state index is 12.6. The third-order valence-electron chi connectivity index (χ3n) is 3.48. The van der Waals surface area contributed by atoms with Crippen LogP contribution in [0.4, 0.5) is 8.68 Å². The van der Waals surface area contributed by atoms with Gasteiger partial charge in [0, 0.05) is 6.54 Å². The topological polar surface area (TPSA) is 92.8 Å². The number of carbonyl (C=O) groups is 2. The molecule has 3 amide bonds. The van der Waals surface area contributed by atoms with Gasteiger partial charge >= 0.3 is 16.3 Å². The van der Waals surface area contributed by atoms with Crippen molar-refractivity contribution < 1.29 is 26.6 Å². The SMILES string of the molecule is COc1cccc(C2(C)NC(=O)N(CCS(=O)(=O)F)C2=O)c1. The molecule has 1 aromatic rings. The minimum absolute atomic E-state index is 0.482. The van der Waals surface area contributed by atoms with Crippen LogP contribution in [0.3, 0.4) is 0 Å². The van der Waals surface area contributed by atoms with Crippen LogP contribution in [-0.2, 0) is 20.6 Å². The molecule has 7 nitrogen and oxygen atoms in total. The fourth-order valence-electron chi connectivity index (χ4n) is 2.23. The Labute approximate surface area is 127 Å². The second-order valence-electron chi connectivity index (χ2n) is 4.99. The Morgan fingerprint density at radius 2 is 2.05 bits per heavy atom. The normalized spacial score (nSPS) is 21.9. The first-order valence-electron chi connectivity index (χ1n) is 6.38. The lowest BCUT2D eigenvalue weighted by molar-refractivity contribution is -0.130. The van der Waals surface area contributed by atoms with Crippen molar-refractivity contribution in [1.82, 2.24) is 10.2 Å². The van der Waals surface area contributed by atoms with Crippen molar-refractivity contribution >= 4 is 22.2 Å². The highest BCUT2D eigenvalue weighted by molar-refractivity contribution is 7.86. The highest BCUT2D eigenvalue weighted by Gasteiger charge is 2.49. The fraction of sp³-hybridized carbons (Fsp3) is 0.385. The van der Waals surface area contributed by atoms with Gasteiger partial charge < -0.3 is 10.1 Å². The van der Waals surface area contributed by atoms with Crippen molar-refractivity contribution in [2.45, 2.75) is 12.5 Å². The zero-order valence-electron chi connectivity index (χ0n) is 12.0. The zero-order chi connectivity index (χ0) is 16.5. The Morgan fingerprint density at radius 3 is 2.64 bits per heavy atom. The van der Waals surface area contributed by atoms with E-state index in [1.807, 2.05) is 0 Å². The molecule has 0 spiro atoms. The number of hydrogen-bond donors (Lipinski definition) is 1. The van der Waals surface area contributed by atoms with Crippen LogP contribution in [0.5, 0.6) is 5.75 Å². The highest BCUT2D eigenvalue weighted by Crippen LogP contribution is 2.30. The molecule has 9 heteroatoms. The second kappa shape index (κ2) is 5.56. The first kappa shape index (κ1) is 16.2. The molecule has 1 unspecified atom stereocenters. The molecule has 2 rings (SSSR count). The first-order chi connectivity index (χ1) is 10.2. The number of carbonyl (C=O) groups excluding carboxylic acids is 2. The zero-order valence-corrected chi connectivity index (χ0v) is 12.8. The summed E-state index contributed by atoms with van der Waals surface area (Å²) < 4.78 is 38.8. The molecule has 22 heavy (non-hydrogen) atoms. The van der Waals surface area contributed by atoms with E-state index in [1.54, 1.807) is 24.3 Å². The number of hydrogen-bond acceptors (Lipinski definition) is 5. The third-order valence-corrected chi connectivity index (χ3v) is 4.15. The van der Waals surface area contributed by atoms with Crippen molar-refractivity contribution in [2.24, 2.45) is 0 Å². The van der Waals surface area contributed by atoms with Gasteiger partial charge in [-0.05, 0) is 24.6 Å². The number of imide groups is 1. The minimum atomic E-state index is -4.76. The molecule has 0 saturated carbocycles. The predicted molar refractivity (Wildman–Crippen MR) is 75.5 cm³/mol. The lowest BCUT2D eigenvalue weighted by Gasteiger charge is -2.22. The van der Waals surface area contributed by atoms with Crippen molar-refractivity contribution in [3.8, 4) is 5.75 Å². The van der Waals surface area contributed by atoms with Gasteiger partial charge in [0.05, 0.1) is 12.9 Å². The van der Waals surface area contributed by atoms with Gasteiger partial charge in [-0.25, -0.2) is 4.79 Å². The van der Waals surface area contributed by atoms with Crippen LogP contribution in [-0.4, -0.2) is 44.7 Å². The summed E-state index contributed by atoms with van der Waals surface area (Å²) >= 11 is 0. The summed E-state index contributed by atoms with van der Waals surface area (Å²) in [7, 11) is -3.30. The lowest BCUT2D eigenvalue weighted by atomic mass is 9.92. The molecular weight excluding hydrogens is 315 g/mol. The third kappa shape index (κ3) is 3.03.